The van der Waals surface area contributed by atoms with E-state index in [1.54, 1.807) is 11.9 Å². The van der Waals surface area contributed by atoms with Gasteiger partial charge in [0, 0.05) is 19.6 Å². The molecule has 1 aliphatic rings. The van der Waals surface area contributed by atoms with E-state index in [-0.39, 0.29) is 12.5 Å². The summed E-state index contributed by atoms with van der Waals surface area (Å²) in [5.74, 6) is -0.755. The van der Waals surface area contributed by atoms with Gasteiger partial charge in [0.2, 0.25) is 0 Å². The monoisotopic (exact) mass is 245 g/mol. The molecule has 17 heavy (non-hydrogen) atoms. The number of amides is 2. The summed E-state index contributed by atoms with van der Waals surface area (Å²) < 4.78 is 0. The van der Waals surface area contributed by atoms with Gasteiger partial charge >= 0.3 is 12.0 Å². The Kier molecular flexibility index (Phi) is 9.14. The van der Waals surface area contributed by atoms with Crippen LogP contribution in [0.25, 0.3) is 0 Å². The van der Waals surface area contributed by atoms with Crippen molar-refractivity contribution in [3.05, 3.63) is 0 Å². The largest absolute Gasteiger partial charge is 0.481 e. The number of hydrogen-bond acceptors (Lipinski definition) is 3. The summed E-state index contributed by atoms with van der Waals surface area (Å²) >= 11 is 0. The maximum atomic E-state index is 10.7. The van der Waals surface area contributed by atoms with Crippen LogP contribution in [-0.4, -0.2) is 48.7 Å². The van der Waals surface area contributed by atoms with E-state index in [2.05, 4.69) is 5.32 Å². The second kappa shape index (κ2) is 9.89. The minimum absolute atomic E-state index is 0.205. The van der Waals surface area contributed by atoms with E-state index < -0.39 is 5.97 Å². The Morgan fingerprint density at radius 2 is 1.76 bits per heavy atom. The number of nitrogens with one attached hydrogen (secondary N) is 1. The minimum Gasteiger partial charge on any atom is -0.481 e. The summed E-state index contributed by atoms with van der Waals surface area (Å²) in [7, 11) is 1.73. The predicted octanol–water partition coefficient (Wildman–Crippen LogP) is 0.622. The maximum Gasteiger partial charge on any atom is 0.314 e. The molecule has 0 aromatic carbocycles. The van der Waals surface area contributed by atoms with Gasteiger partial charge in [-0.2, -0.15) is 0 Å². The normalized spacial score (nSPS) is 15.5. The first kappa shape index (κ1) is 15.7. The highest BCUT2D eigenvalue weighted by Gasteiger charge is 2.10. The standard InChI is InChI=1S/C7H14N2O.C4H9NO2/c8-7(10)9-5-3-1-2-4-6-9;1-5-3-2-4(6)7/h1-6H2,(H2,8,10);5H,2-3H2,1H3,(H,6,7). The Balaban J connectivity index is 0.000000325. The topological polar surface area (TPSA) is 95.7 Å². The average molecular weight is 245 g/mol. The Morgan fingerprint density at radius 1 is 1.24 bits per heavy atom. The van der Waals surface area contributed by atoms with Gasteiger partial charge in [0.05, 0.1) is 6.42 Å². The van der Waals surface area contributed by atoms with E-state index in [4.69, 9.17) is 10.8 Å². The Hall–Kier alpha value is -1.30. The molecule has 1 fully saturated rings. The number of hydrogen-bond donors (Lipinski definition) is 3. The van der Waals surface area contributed by atoms with Crippen LogP contribution < -0.4 is 11.1 Å². The van der Waals surface area contributed by atoms with Crippen LogP contribution in [0.3, 0.4) is 0 Å². The van der Waals surface area contributed by atoms with Crippen molar-refractivity contribution < 1.29 is 14.7 Å². The van der Waals surface area contributed by atoms with Crippen molar-refractivity contribution in [1.82, 2.24) is 10.2 Å². The molecule has 0 saturated carbocycles. The summed E-state index contributed by atoms with van der Waals surface area (Å²) in [5.41, 5.74) is 5.12. The maximum absolute atomic E-state index is 10.7. The van der Waals surface area contributed by atoms with Crippen molar-refractivity contribution in [3.8, 4) is 0 Å². The van der Waals surface area contributed by atoms with Gasteiger partial charge < -0.3 is 21.1 Å². The Morgan fingerprint density at radius 3 is 2.06 bits per heavy atom. The second-order valence-corrected chi connectivity index (χ2v) is 3.99. The van der Waals surface area contributed by atoms with E-state index in [1.165, 1.54) is 12.8 Å². The SMILES string of the molecule is CNCCC(=O)O.NC(=O)N1CCCCCC1. The van der Waals surface area contributed by atoms with Gasteiger partial charge in [-0.05, 0) is 19.9 Å². The van der Waals surface area contributed by atoms with Crippen molar-refractivity contribution in [2.45, 2.75) is 32.1 Å². The number of aliphatic carboxylic acids is 1. The summed E-state index contributed by atoms with van der Waals surface area (Å²) in [6.45, 7) is 2.26. The summed E-state index contributed by atoms with van der Waals surface area (Å²) in [6, 6.07) is -0.262. The first-order valence-electron chi connectivity index (χ1n) is 5.98. The van der Waals surface area contributed by atoms with Gasteiger partial charge in [-0.15, -0.1) is 0 Å². The van der Waals surface area contributed by atoms with Gasteiger partial charge in [0.25, 0.3) is 0 Å². The van der Waals surface area contributed by atoms with Crippen molar-refractivity contribution in [2.24, 2.45) is 5.73 Å². The fourth-order valence-corrected chi connectivity index (χ4v) is 1.52. The zero-order valence-corrected chi connectivity index (χ0v) is 10.4. The first-order valence-corrected chi connectivity index (χ1v) is 5.98. The molecule has 6 nitrogen and oxygen atoms in total. The van der Waals surface area contributed by atoms with Crippen LogP contribution >= 0.6 is 0 Å². The summed E-state index contributed by atoms with van der Waals surface area (Å²) in [6.07, 6.45) is 4.91. The fourth-order valence-electron chi connectivity index (χ4n) is 1.52. The van der Waals surface area contributed by atoms with E-state index >= 15 is 0 Å². The molecule has 1 heterocycles. The van der Waals surface area contributed by atoms with E-state index in [9.17, 15) is 9.59 Å². The van der Waals surface area contributed by atoms with Crippen LogP contribution in [0.5, 0.6) is 0 Å². The molecule has 100 valence electrons. The molecule has 4 N–H and O–H groups in total. The molecular weight excluding hydrogens is 222 g/mol. The molecule has 0 aromatic rings. The number of primary amides is 1. The molecule has 1 aliphatic heterocycles. The molecule has 0 aromatic heterocycles. The number of nitrogens with zero attached hydrogens (tertiary/aromatic N) is 1. The zero-order chi connectivity index (χ0) is 13.1. The lowest BCUT2D eigenvalue weighted by Crippen LogP contribution is -2.36. The Labute approximate surface area is 102 Å². The van der Waals surface area contributed by atoms with Gasteiger partial charge in [0.1, 0.15) is 0 Å². The molecule has 1 rings (SSSR count). The second-order valence-electron chi connectivity index (χ2n) is 3.99. The highest BCUT2D eigenvalue weighted by Crippen LogP contribution is 2.08. The van der Waals surface area contributed by atoms with Crippen LogP contribution in [0.15, 0.2) is 0 Å². The van der Waals surface area contributed by atoms with Crippen LogP contribution in [-0.2, 0) is 4.79 Å². The number of rotatable bonds is 3. The quantitative estimate of drug-likeness (QED) is 0.679. The number of carboxylic acids is 1. The van der Waals surface area contributed by atoms with Gasteiger partial charge in [-0.3, -0.25) is 4.79 Å². The van der Waals surface area contributed by atoms with Gasteiger partial charge in [0.15, 0.2) is 0 Å². The third-order valence-electron chi connectivity index (χ3n) is 2.51. The smallest absolute Gasteiger partial charge is 0.314 e. The fraction of sp³-hybridized carbons (Fsp3) is 0.818. The van der Waals surface area contributed by atoms with Gasteiger partial charge in [-0.25, -0.2) is 4.79 Å². The first-order chi connectivity index (χ1) is 8.07. The minimum atomic E-state index is -0.755. The van der Waals surface area contributed by atoms with Crippen LogP contribution in [0.2, 0.25) is 0 Å². The van der Waals surface area contributed by atoms with Crippen molar-refractivity contribution in [1.29, 1.82) is 0 Å². The number of nitrogens with two attached hydrogens (primary N) is 1. The van der Waals surface area contributed by atoms with Crippen molar-refractivity contribution in [2.75, 3.05) is 26.7 Å². The van der Waals surface area contributed by atoms with Crippen LogP contribution in [0.1, 0.15) is 32.1 Å². The molecule has 0 unspecified atom stereocenters. The summed E-state index contributed by atoms with van der Waals surface area (Å²) in [4.78, 5) is 22.1. The lowest BCUT2D eigenvalue weighted by Gasteiger charge is -2.16. The lowest BCUT2D eigenvalue weighted by atomic mass is 10.2. The van der Waals surface area contributed by atoms with E-state index in [0.717, 1.165) is 25.9 Å². The van der Waals surface area contributed by atoms with Crippen molar-refractivity contribution in [3.63, 3.8) is 0 Å². The molecule has 1 saturated heterocycles. The number of carbonyl (C=O) groups excluding carboxylic acids is 1. The molecule has 0 radical (unpaired) electrons. The number of carboxylic acid groups (broad SMARTS) is 1. The third-order valence-corrected chi connectivity index (χ3v) is 2.51. The predicted molar refractivity (Wildman–Crippen MR) is 65.8 cm³/mol. The molecule has 6 heteroatoms. The molecule has 0 spiro atoms. The average Bonchev–Trinajstić information content (AvgIpc) is 2.55. The molecule has 0 bridgehead atoms. The molecule has 0 aliphatic carbocycles. The van der Waals surface area contributed by atoms with Crippen molar-refractivity contribution >= 4 is 12.0 Å². The zero-order valence-electron chi connectivity index (χ0n) is 10.4. The third kappa shape index (κ3) is 9.62. The highest BCUT2D eigenvalue weighted by atomic mass is 16.4. The highest BCUT2D eigenvalue weighted by molar-refractivity contribution is 5.71. The van der Waals surface area contributed by atoms with E-state index in [1.807, 2.05) is 0 Å². The van der Waals surface area contributed by atoms with Gasteiger partial charge in [-0.1, -0.05) is 12.8 Å². The summed E-state index contributed by atoms with van der Waals surface area (Å²) in [5, 5.41) is 10.7. The molecule has 0 atom stereocenters. The number of urea groups is 1. The lowest BCUT2D eigenvalue weighted by molar-refractivity contribution is -0.136. The van der Waals surface area contributed by atoms with Crippen LogP contribution in [0.4, 0.5) is 4.79 Å². The van der Waals surface area contributed by atoms with Crippen LogP contribution in [0, 0.1) is 0 Å². The number of likely N-dealkylation sites (tertiary alicyclic amines) is 1. The molecule has 2 amide bonds. The number of carbonyl (C=O) groups is 2. The Bertz CT molecular complexity index is 226. The van der Waals surface area contributed by atoms with E-state index in [0.29, 0.717) is 6.54 Å². The molecular formula is C11H23N3O3.